The largest absolute Gasteiger partial charge is 0.294 e. The van der Waals surface area contributed by atoms with Crippen LogP contribution in [0.2, 0.25) is 5.02 Å². The molecule has 5 nitrogen and oxygen atoms in total. The average molecular weight is 558 g/mol. The van der Waals surface area contributed by atoms with Crippen LogP contribution in [0.15, 0.2) is 94.9 Å². The number of fused-ring (bicyclic) bond motifs is 3. The quantitative estimate of drug-likeness (QED) is 0.128. The van der Waals surface area contributed by atoms with Crippen molar-refractivity contribution in [1.29, 1.82) is 0 Å². The highest BCUT2D eigenvalue weighted by molar-refractivity contribution is 7.99. The first-order valence-corrected chi connectivity index (χ1v) is 14.6. The summed E-state index contributed by atoms with van der Waals surface area (Å²) in [4.78, 5) is 36.2. The summed E-state index contributed by atoms with van der Waals surface area (Å²) in [7, 11) is 0. The molecule has 6 rings (SSSR count). The van der Waals surface area contributed by atoms with Gasteiger partial charge in [0.05, 0.1) is 16.8 Å². The minimum atomic E-state index is -0.0725. The van der Waals surface area contributed by atoms with E-state index < -0.39 is 0 Å². The minimum Gasteiger partial charge on any atom is -0.294 e. The zero-order valence-electron chi connectivity index (χ0n) is 20.5. The van der Waals surface area contributed by atoms with Crippen molar-refractivity contribution in [2.45, 2.75) is 24.7 Å². The first-order chi connectivity index (χ1) is 18.6. The number of thioether (sulfide) groups is 1. The van der Waals surface area contributed by atoms with E-state index in [1.54, 1.807) is 40.2 Å². The van der Waals surface area contributed by atoms with Gasteiger partial charge in [-0.1, -0.05) is 71.9 Å². The van der Waals surface area contributed by atoms with Crippen molar-refractivity contribution in [3.63, 3.8) is 0 Å². The van der Waals surface area contributed by atoms with Crippen LogP contribution < -0.4 is 5.56 Å². The number of benzene rings is 3. The number of rotatable bonds is 7. The van der Waals surface area contributed by atoms with Gasteiger partial charge in [-0.15, -0.1) is 11.3 Å². The highest BCUT2D eigenvalue weighted by atomic mass is 35.5. The molecule has 3 aromatic carbocycles. The number of para-hydroxylation sites is 1. The normalized spacial score (nSPS) is 13.5. The van der Waals surface area contributed by atoms with Crippen molar-refractivity contribution in [2.75, 3.05) is 12.3 Å². The fourth-order valence-electron chi connectivity index (χ4n) is 4.80. The van der Waals surface area contributed by atoms with Crippen molar-refractivity contribution in [1.82, 2.24) is 14.5 Å². The van der Waals surface area contributed by atoms with Crippen LogP contribution in [0, 0.1) is 0 Å². The van der Waals surface area contributed by atoms with Gasteiger partial charge >= 0.3 is 0 Å². The Morgan fingerprint density at radius 2 is 1.68 bits per heavy atom. The topological polar surface area (TPSA) is 55.2 Å². The van der Waals surface area contributed by atoms with E-state index >= 15 is 0 Å². The number of nitrogens with zero attached hydrogens (tertiary/aromatic N) is 3. The molecule has 0 unspecified atom stereocenters. The van der Waals surface area contributed by atoms with Crippen molar-refractivity contribution in [3.05, 3.63) is 122 Å². The van der Waals surface area contributed by atoms with Gasteiger partial charge in [-0.25, -0.2) is 4.98 Å². The lowest BCUT2D eigenvalue weighted by Gasteiger charge is -2.26. The number of carbonyl (C=O) groups is 1. The SMILES string of the molecule is O=C(CSc1nc2sc3c(c2c(=O)n1-c1ccccc1)CCN(Cc1ccccc1)C3)c1ccc(Cl)cc1. The average Bonchev–Trinajstić information content (AvgIpc) is 3.31. The molecule has 0 atom stereocenters. The molecule has 5 aromatic rings. The monoisotopic (exact) mass is 557 g/mol. The fourth-order valence-corrected chi connectivity index (χ4v) is 7.14. The van der Waals surface area contributed by atoms with Crippen molar-refractivity contribution in [2.24, 2.45) is 0 Å². The number of ketones is 1. The molecule has 0 amide bonds. The van der Waals surface area contributed by atoms with E-state index in [2.05, 4.69) is 29.2 Å². The summed E-state index contributed by atoms with van der Waals surface area (Å²) in [5, 5.41) is 1.82. The molecular weight excluding hydrogens is 534 g/mol. The predicted octanol–water partition coefficient (Wildman–Crippen LogP) is 6.63. The second kappa shape index (κ2) is 10.9. The van der Waals surface area contributed by atoms with Crippen LogP contribution in [-0.2, 0) is 19.5 Å². The molecule has 1 aliphatic heterocycles. The molecule has 1 aliphatic rings. The third-order valence-electron chi connectivity index (χ3n) is 6.68. The molecule has 8 heteroatoms. The summed E-state index contributed by atoms with van der Waals surface area (Å²) in [5.41, 5.74) is 3.66. The van der Waals surface area contributed by atoms with Gasteiger partial charge < -0.3 is 0 Å². The van der Waals surface area contributed by atoms with Gasteiger partial charge in [0.15, 0.2) is 10.9 Å². The van der Waals surface area contributed by atoms with Gasteiger partial charge in [-0.05, 0) is 53.9 Å². The summed E-state index contributed by atoms with van der Waals surface area (Å²) in [6, 6.07) is 26.9. The summed E-state index contributed by atoms with van der Waals surface area (Å²) in [5.74, 6) is 0.130. The van der Waals surface area contributed by atoms with Gasteiger partial charge in [0.2, 0.25) is 0 Å². The molecule has 2 aromatic heterocycles. The third-order valence-corrected chi connectivity index (χ3v) is 8.99. The Labute approximate surface area is 233 Å². The highest BCUT2D eigenvalue weighted by Crippen LogP contribution is 2.35. The molecule has 190 valence electrons. The van der Waals surface area contributed by atoms with E-state index in [1.807, 2.05) is 36.4 Å². The van der Waals surface area contributed by atoms with E-state index in [0.717, 1.165) is 42.1 Å². The van der Waals surface area contributed by atoms with E-state index in [1.165, 1.54) is 22.2 Å². The van der Waals surface area contributed by atoms with Crippen molar-refractivity contribution < 1.29 is 4.79 Å². The van der Waals surface area contributed by atoms with E-state index in [0.29, 0.717) is 21.1 Å². The maximum absolute atomic E-state index is 14.0. The van der Waals surface area contributed by atoms with Gasteiger partial charge in [-0.3, -0.25) is 19.1 Å². The first-order valence-electron chi connectivity index (χ1n) is 12.4. The van der Waals surface area contributed by atoms with E-state index in [9.17, 15) is 9.59 Å². The lowest BCUT2D eigenvalue weighted by Crippen LogP contribution is -2.30. The van der Waals surface area contributed by atoms with E-state index in [4.69, 9.17) is 16.6 Å². The number of aromatic nitrogens is 2. The maximum Gasteiger partial charge on any atom is 0.267 e. The summed E-state index contributed by atoms with van der Waals surface area (Å²) in [6.07, 6.45) is 0.815. The molecule has 38 heavy (non-hydrogen) atoms. The maximum atomic E-state index is 14.0. The van der Waals surface area contributed by atoms with Crippen molar-refractivity contribution in [3.8, 4) is 5.69 Å². The smallest absolute Gasteiger partial charge is 0.267 e. The van der Waals surface area contributed by atoms with Crippen LogP contribution >= 0.6 is 34.7 Å². The Bertz CT molecular complexity index is 1670. The number of halogens is 1. The molecule has 0 saturated heterocycles. The third kappa shape index (κ3) is 5.07. The molecule has 0 N–H and O–H groups in total. The first kappa shape index (κ1) is 25.1. The van der Waals surface area contributed by atoms with E-state index in [-0.39, 0.29) is 17.1 Å². The minimum absolute atomic E-state index is 0.0392. The molecule has 0 aliphatic carbocycles. The lowest BCUT2D eigenvalue weighted by molar-refractivity contribution is 0.102. The van der Waals surface area contributed by atoms with Crippen LogP contribution in [0.4, 0.5) is 0 Å². The number of carbonyl (C=O) groups excluding carboxylic acids is 1. The molecule has 0 spiro atoms. The summed E-state index contributed by atoms with van der Waals surface area (Å²) >= 11 is 8.87. The van der Waals surface area contributed by atoms with Gasteiger partial charge in [0, 0.05) is 35.1 Å². The Hall–Kier alpha value is -3.23. The lowest BCUT2D eigenvalue weighted by atomic mass is 10.0. The summed E-state index contributed by atoms with van der Waals surface area (Å²) in [6.45, 7) is 2.57. The number of thiophene rings is 1. The van der Waals surface area contributed by atoms with Crippen molar-refractivity contribution >= 4 is 50.7 Å². The molecule has 0 saturated carbocycles. The second-order valence-electron chi connectivity index (χ2n) is 9.22. The van der Waals surface area contributed by atoms with Gasteiger partial charge in [0.1, 0.15) is 4.83 Å². The molecule has 0 radical (unpaired) electrons. The molecular formula is C30H24ClN3O2S2. The highest BCUT2D eigenvalue weighted by Gasteiger charge is 2.26. The van der Waals surface area contributed by atoms with Crippen LogP contribution in [-0.4, -0.2) is 32.5 Å². The van der Waals surface area contributed by atoms with Crippen LogP contribution in [0.25, 0.3) is 15.9 Å². The Morgan fingerprint density at radius 3 is 2.42 bits per heavy atom. The Balaban J connectivity index is 1.35. The molecule has 0 fully saturated rings. The van der Waals surface area contributed by atoms with Crippen LogP contribution in [0.3, 0.4) is 0 Å². The molecule has 3 heterocycles. The second-order valence-corrected chi connectivity index (χ2v) is 11.7. The zero-order valence-corrected chi connectivity index (χ0v) is 22.9. The predicted molar refractivity (Wildman–Crippen MR) is 156 cm³/mol. The standard InChI is InChI=1S/C30H24ClN3O2S2/c31-22-13-11-21(12-14-22)25(35)19-37-30-32-28-27(29(36)34(30)23-9-5-2-6-10-23)24-15-16-33(18-26(24)38-28)17-20-7-3-1-4-8-20/h1-14H,15-19H2. The Morgan fingerprint density at radius 1 is 0.974 bits per heavy atom. The number of hydrogen-bond donors (Lipinski definition) is 0. The Kier molecular flexibility index (Phi) is 7.17. The fraction of sp³-hybridized carbons (Fsp3) is 0.167. The number of hydrogen-bond acceptors (Lipinski definition) is 6. The number of Topliss-reactive ketones (excluding diaryl/α,β-unsaturated/α-hetero) is 1. The van der Waals surface area contributed by atoms with Crippen LogP contribution in [0.5, 0.6) is 0 Å². The molecule has 0 bridgehead atoms. The van der Waals surface area contributed by atoms with Crippen LogP contribution in [0.1, 0.15) is 26.4 Å². The van der Waals surface area contributed by atoms with Gasteiger partial charge in [-0.2, -0.15) is 0 Å². The summed E-state index contributed by atoms with van der Waals surface area (Å²) < 4.78 is 1.66. The zero-order chi connectivity index (χ0) is 26.1. The van der Waals surface area contributed by atoms with Gasteiger partial charge in [0.25, 0.3) is 5.56 Å².